The summed E-state index contributed by atoms with van der Waals surface area (Å²) in [5.74, 6) is 2.87. The predicted octanol–water partition coefficient (Wildman–Crippen LogP) is 6.36. The number of nitrogens with one attached hydrogen (secondary N) is 1. The number of hydrogen-bond donors (Lipinski definition) is 0. The Morgan fingerprint density at radius 2 is 0.958 bits per heavy atom. The van der Waals surface area contributed by atoms with Crippen molar-refractivity contribution in [2.75, 3.05) is 0 Å². The molecule has 2 aromatic rings. The molecule has 4 saturated carbocycles. The van der Waals surface area contributed by atoms with Gasteiger partial charge >= 0.3 is 0 Å². The summed E-state index contributed by atoms with van der Waals surface area (Å²) in [7, 11) is 0. The van der Waals surface area contributed by atoms with Crippen molar-refractivity contribution in [3.8, 4) is 11.1 Å². The second kappa shape index (κ2) is 7.67. The maximum absolute atomic E-state index is 8.21. The van der Waals surface area contributed by atoms with Crippen LogP contribution in [0.5, 0.6) is 0 Å². The van der Waals surface area contributed by atoms with Crippen molar-refractivity contribution < 1.29 is 26.2 Å². The van der Waals surface area contributed by atoms with E-state index in [1.54, 1.807) is 0 Å². The minimum Gasteiger partial charge on any atom is -0.672 e. The first-order chi connectivity index (χ1) is 11.2. The van der Waals surface area contributed by atoms with E-state index in [1.807, 2.05) is 12.1 Å². The van der Waals surface area contributed by atoms with E-state index in [-0.39, 0.29) is 31.7 Å². The van der Waals surface area contributed by atoms with E-state index in [0.717, 1.165) is 17.8 Å². The van der Waals surface area contributed by atoms with Gasteiger partial charge in [0.25, 0.3) is 0 Å². The summed E-state index contributed by atoms with van der Waals surface area (Å²) >= 11 is 0. The molecule has 6 rings (SSSR count). The summed E-state index contributed by atoms with van der Waals surface area (Å²) in [5.41, 5.74) is 10.8. The molecule has 4 aliphatic rings. The van der Waals surface area contributed by atoms with Gasteiger partial charge in [-0.3, -0.25) is 0 Å². The standard InChI is InChI=1S/C12H10.C10H16N.Zr/c1-3-7-11(8-4-1)12-9-5-2-6-10-12;11-10-4-7-1-8(5-10)3-9(2-7)6-10;/h1-10H;7-9,11H,1-6H2;/q;-1;. The van der Waals surface area contributed by atoms with Gasteiger partial charge in [-0.2, -0.15) is 0 Å². The van der Waals surface area contributed by atoms with Crippen LogP contribution in [0, 0.1) is 17.8 Å². The molecule has 0 saturated heterocycles. The third-order valence-electron chi connectivity index (χ3n) is 5.92. The average Bonchev–Trinajstić information content (AvgIpc) is 2.55. The van der Waals surface area contributed by atoms with E-state index >= 15 is 0 Å². The van der Waals surface area contributed by atoms with Crippen LogP contribution in [0.3, 0.4) is 0 Å². The van der Waals surface area contributed by atoms with Gasteiger partial charge in [0, 0.05) is 26.2 Å². The second-order valence-corrected chi connectivity index (χ2v) is 7.93. The molecule has 0 atom stereocenters. The van der Waals surface area contributed by atoms with Gasteiger partial charge in [0.2, 0.25) is 0 Å². The van der Waals surface area contributed by atoms with E-state index in [2.05, 4.69) is 48.5 Å². The fourth-order valence-corrected chi connectivity index (χ4v) is 5.37. The minimum absolute atomic E-state index is 0. The topological polar surface area (TPSA) is 23.8 Å². The molecule has 4 bridgehead atoms. The van der Waals surface area contributed by atoms with E-state index in [9.17, 15) is 0 Å². The molecule has 0 aliphatic heterocycles. The Kier molecular flexibility index (Phi) is 5.78. The Morgan fingerprint density at radius 1 is 0.625 bits per heavy atom. The zero-order valence-electron chi connectivity index (χ0n) is 14.2. The predicted molar refractivity (Wildman–Crippen MR) is 97.1 cm³/mol. The van der Waals surface area contributed by atoms with Crippen LogP contribution in [0.4, 0.5) is 0 Å². The zero-order chi connectivity index (χ0) is 15.7. The number of benzene rings is 2. The molecular weight excluding hydrogens is 369 g/mol. The van der Waals surface area contributed by atoms with Crippen LogP contribution in [-0.4, -0.2) is 5.54 Å². The Hall–Kier alpha value is -0.717. The largest absolute Gasteiger partial charge is 0.672 e. The number of rotatable bonds is 1. The van der Waals surface area contributed by atoms with Crippen LogP contribution in [0.15, 0.2) is 60.7 Å². The van der Waals surface area contributed by atoms with E-state index in [4.69, 9.17) is 5.73 Å². The fourth-order valence-electron chi connectivity index (χ4n) is 5.37. The van der Waals surface area contributed by atoms with Crippen LogP contribution in [0.2, 0.25) is 0 Å². The van der Waals surface area contributed by atoms with Gasteiger partial charge in [0.15, 0.2) is 0 Å². The normalized spacial score (nSPS) is 32.5. The molecule has 0 unspecified atom stereocenters. The quantitative estimate of drug-likeness (QED) is 0.536. The van der Waals surface area contributed by atoms with Crippen molar-refractivity contribution in [2.45, 2.75) is 44.1 Å². The van der Waals surface area contributed by atoms with Crippen molar-refractivity contribution in [1.82, 2.24) is 0 Å². The van der Waals surface area contributed by atoms with Gasteiger partial charge in [-0.1, -0.05) is 79.9 Å². The van der Waals surface area contributed by atoms with Crippen molar-refractivity contribution in [3.63, 3.8) is 0 Å². The molecule has 2 heteroatoms. The summed E-state index contributed by atoms with van der Waals surface area (Å²) in [4.78, 5) is 0. The smallest absolute Gasteiger partial charge is 0 e. The zero-order valence-corrected chi connectivity index (χ0v) is 16.7. The van der Waals surface area contributed by atoms with Gasteiger partial charge in [-0.25, -0.2) is 0 Å². The molecule has 24 heavy (non-hydrogen) atoms. The van der Waals surface area contributed by atoms with Crippen molar-refractivity contribution in [1.29, 1.82) is 0 Å². The molecule has 4 fully saturated rings. The van der Waals surface area contributed by atoms with Crippen molar-refractivity contribution in [2.24, 2.45) is 17.8 Å². The van der Waals surface area contributed by atoms with Crippen molar-refractivity contribution in [3.05, 3.63) is 66.4 Å². The summed E-state index contributed by atoms with van der Waals surface area (Å²) in [6, 6.07) is 20.8. The Morgan fingerprint density at radius 3 is 1.25 bits per heavy atom. The van der Waals surface area contributed by atoms with Crippen LogP contribution >= 0.6 is 0 Å². The van der Waals surface area contributed by atoms with Gasteiger partial charge in [0.05, 0.1) is 0 Å². The summed E-state index contributed by atoms with van der Waals surface area (Å²) < 4.78 is 0. The minimum atomic E-state index is 0. The van der Waals surface area contributed by atoms with Gasteiger partial charge in [-0.05, 0) is 48.1 Å². The third kappa shape index (κ3) is 4.09. The first-order valence-electron chi connectivity index (χ1n) is 9.06. The first kappa shape index (κ1) is 18.1. The van der Waals surface area contributed by atoms with E-state index in [0.29, 0.717) is 0 Å². The van der Waals surface area contributed by atoms with Crippen LogP contribution < -0.4 is 0 Å². The van der Waals surface area contributed by atoms with Crippen LogP contribution in [0.1, 0.15) is 38.5 Å². The third-order valence-corrected chi connectivity index (χ3v) is 5.92. The van der Waals surface area contributed by atoms with Crippen LogP contribution in [0.25, 0.3) is 16.9 Å². The number of hydrogen-bond acceptors (Lipinski definition) is 0. The summed E-state index contributed by atoms with van der Waals surface area (Å²) in [6.45, 7) is 0. The molecule has 0 spiro atoms. The average molecular weight is 396 g/mol. The molecule has 0 heterocycles. The summed E-state index contributed by atoms with van der Waals surface area (Å²) in [6.07, 6.45) is 8.12. The molecule has 1 N–H and O–H groups in total. The van der Waals surface area contributed by atoms with E-state index < -0.39 is 0 Å². The molecular formula is C22H26NZr-. The van der Waals surface area contributed by atoms with Gasteiger partial charge < -0.3 is 5.73 Å². The summed E-state index contributed by atoms with van der Waals surface area (Å²) in [5, 5.41) is 0. The molecule has 0 amide bonds. The van der Waals surface area contributed by atoms with Crippen LogP contribution in [-0.2, 0) is 26.2 Å². The maximum atomic E-state index is 8.21. The van der Waals surface area contributed by atoms with Gasteiger partial charge in [-0.15, -0.1) is 5.54 Å². The van der Waals surface area contributed by atoms with Gasteiger partial charge in [0.1, 0.15) is 0 Å². The monoisotopic (exact) mass is 394 g/mol. The molecule has 1 nitrogen and oxygen atoms in total. The SMILES string of the molecule is [NH-]C12CC3CC(CC(C3)C1)C2.[Zr].c1ccc(-c2ccccc2)cc1. The molecule has 124 valence electrons. The Bertz CT molecular complexity index is 565. The maximum Gasteiger partial charge on any atom is 0 e. The second-order valence-electron chi connectivity index (χ2n) is 7.93. The fraction of sp³-hybridized carbons (Fsp3) is 0.455. The van der Waals surface area contributed by atoms with Crippen molar-refractivity contribution >= 4 is 0 Å². The Balaban J connectivity index is 0.000000135. The molecule has 0 radical (unpaired) electrons. The molecule has 2 aromatic carbocycles. The first-order valence-corrected chi connectivity index (χ1v) is 9.06. The molecule has 4 aliphatic carbocycles. The Labute approximate surface area is 165 Å². The van der Waals surface area contributed by atoms with E-state index in [1.165, 1.54) is 49.7 Å². The molecule has 0 aromatic heterocycles.